The van der Waals surface area contributed by atoms with Gasteiger partial charge in [-0.05, 0) is 12.1 Å². The molecule has 1 aliphatic rings. The van der Waals surface area contributed by atoms with Crippen LogP contribution in [0, 0.1) is 5.82 Å². The van der Waals surface area contributed by atoms with Gasteiger partial charge in [0.1, 0.15) is 11.7 Å². The molecule has 0 saturated heterocycles. The summed E-state index contributed by atoms with van der Waals surface area (Å²) in [6.45, 7) is 1.11. The molecule has 0 amide bonds. The van der Waals surface area contributed by atoms with Gasteiger partial charge >= 0.3 is 6.18 Å². The first-order valence-corrected chi connectivity index (χ1v) is 5.10. The topological polar surface area (TPSA) is 24.4 Å². The first kappa shape index (κ1) is 14.8. The largest absolute Gasteiger partial charge is 0.416 e. The van der Waals surface area contributed by atoms with Gasteiger partial charge in [0.2, 0.25) is 0 Å². The van der Waals surface area contributed by atoms with Crippen LogP contribution in [0.2, 0.25) is 0 Å². The third-order valence-corrected chi connectivity index (χ3v) is 2.51. The Balaban J connectivity index is 0.00000162. The minimum absolute atomic E-state index is 0. The van der Waals surface area contributed by atoms with E-state index in [2.05, 4.69) is 10.3 Å². The average Bonchev–Trinajstić information content (AvgIpc) is 2.72. The second-order valence-corrected chi connectivity index (χ2v) is 3.70. The molecule has 0 fully saturated rings. The van der Waals surface area contributed by atoms with Crippen LogP contribution in [0.1, 0.15) is 11.1 Å². The summed E-state index contributed by atoms with van der Waals surface area (Å²) in [5, 5.41) is 2.83. The van der Waals surface area contributed by atoms with Crippen LogP contribution in [0.5, 0.6) is 0 Å². The molecule has 7 heteroatoms. The van der Waals surface area contributed by atoms with E-state index in [1.165, 1.54) is 0 Å². The molecule has 1 aliphatic heterocycles. The molecule has 0 radical (unpaired) electrons. The van der Waals surface area contributed by atoms with Crippen molar-refractivity contribution in [1.82, 2.24) is 5.32 Å². The molecule has 0 unspecified atom stereocenters. The highest BCUT2D eigenvalue weighted by molar-refractivity contribution is 5.86. The van der Waals surface area contributed by atoms with E-state index in [-0.39, 0.29) is 24.4 Å². The number of alkyl halides is 3. The van der Waals surface area contributed by atoms with Gasteiger partial charge in [0.15, 0.2) is 0 Å². The molecule has 1 aromatic carbocycles. The fraction of sp³-hybridized carbons (Fsp3) is 0.364. The van der Waals surface area contributed by atoms with E-state index in [1.807, 2.05) is 0 Å². The molecular weight excluding hydrogens is 272 g/mol. The zero-order valence-electron chi connectivity index (χ0n) is 9.22. The monoisotopic (exact) mass is 282 g/mol. The highest BCUT2D eigenvalue weighted by atomic mass is 35.5. The molecule has 2 nitrogen and oxygen atoms in total. The highest BCUT2D eigenvalue weighted by Gasteiger charge is 2.34. The molecule has 0 aromatic heterocycles. The second-order valence-electron chi connectivity index (χ2n) is 3.70. The summed E-state index contributed by atoms with van der Waals surface area (Å²) in [4.78, 5) is 3.97. The van der Waals surface area contributed by atoms with E-state index >= 15 is 0 Å². The van der Waals surface area contributed by atoms with Gasteiger partial charge in [-0.1, -0.05) is 6.07 Å². The maximum Gasteiger partial charge on any atom is 0.416 e. The summed E-state index contributed by atoms with van der Waals surface area (Å²) in [7, 11) is 0. The number of amidine groups is 1. The summed E-state index contributed by atoms with van der Waals surface area (Å²) < 4.78 is 51.5. The summed E-state index contributed by atoms with van der Waals surface area (Å²) in [6, 6.07) is 2.97. The predicted molar refractivity (Wildman–Crippen MR) is 62.7 cm³/mol. The SMILES string of the molecule is Cl.Fc1cccc(C(F)(F)F)c1CC1=NCCN1. The van der Waals surface area contributed by atoms with Gasteiger partial charge in [-0.3, -0.25) is 4.99 Å². The predicted octanol–water partition coefficient (Wildman–Crippen LogP) is 2.81. The minimum atomic E-state index is -4.55. The van der Waals surface area contributed by atoms with Crippen molar-refractivity contribution in [3.05, 3.63) is 35.1 Å². The van der Waals surface area contributed by atoms with E-state index in [4.69, 9.17) is 0 Å². The Morgan fingerprint density at radius 2 is 2.00 bits per heavy atom. The van der Waals surface area contributed by atoms with Crippen LogP contribution in [-0.2, 0) is 12.6 Å². The third kappa shape index (κ3) is 3.13. The van der Waals surface area contributed by atoms with Crippen LogP contribution in [0.15, 0.2) is 23.2 Å². The fourth-order valence-electron chi connectivity index (χ4n) is 1.74. The molecule has 1 aromatic rings. The van der Waals surface area contributed by atoms with Crippen LogP contribution >= 0.6 is 12.4 Å². The van der Waals surface area contributed by atoms with Crippen molar-refractivity contribution >= 4 is 18.2 Å². The van der Waals surface area contributed by atoms with E-state index < -0.39 is 17.6 Å². The number of rotatable bonds is 2. The van der Waals surface area contributed by atoms with Gasteiger partial charge in [-0.25, -0.2) is 4.39 Å². The number of aliphatic imine (C=N–C) groups is 1. The second kappa shape index (κ2) is 5.56. The van der Waals surface area contributed by atoms with Crippen molar-refractivity contribution in [3.8, 4) is 0 Å². The van der Waals surface area contributed by atoms with Gasteiger partial charge in [0.05, 0.1) is 12.1 Å². The molecule has 1 heterocycles. The normalized spacial score (nSPS) is 14.8. The van der Waals surface area contributed by atoms with E-state index in [0.29, 0.717) is 18.9 Å². The van der Waals surface area contributed by atoms with Gasteiger partial charge < -0.3 is 5.32 Å². The molecule has 0 saturated carbocycles. The summed E-state index contributed by atoms with van der Waals surface area (Å²) in [6.07, 6.45) is -4.70. The van der Waals surface area contributed by atoms with Crippen molar-refractivity contribution in [1.29, 1.82) is 0 Å². The summed E-state index contributed by atoms with van der Waals surface area (Å²) in [5.41, 5.74) is -1.29. The zero-order valence-corrected chi connectivity index (χ0v) is 10.0. The van der Waals surface area contributed by atoms with Crippen LogP contribution in [0.25, 0.3) is 0 Å². The van der Waals surface area contributed by atoms with Crippen LogP contribution in [0.3, 0.4) is 0 Å². The number of hydrogen-bond acceptors (Lipinski definition) is 2. The lowest BCUT2D eigenvalue weighted by Gasteiger charge is -2.13. The number of nitrogens with one attached hydrogen (secondary N) is 1. The zero-order chi connectivity index (χ0) is 12.5. The molecule has 0 bridgehead atoms. The lowest BCUT2D eigenvalue weighted by Crippen LogP contribution is -2.23. The standard InChI is InChI=1S/C11H10F4N2.ClH/c12-9-3-1-2-8(11(13,14)15)7(9)6-10-16-4-5-17-10;/h1-3H,4-6H2,(H,16,17);1H. The smallest absolute Gasteiger partial charge is 0.372 e. The maximum absolute atomic E-state index is 13.5. The molecule has 0 spiro atoms. The number of hydrogen-bond donors (Lipinski definition) is 1. The van der Waals surface area contributed by atoms with Crippen LogP contribution in [0.4, 0.5) is 17.6 Å². The van der Waals surface area contributed by atoms with Crippen molar-refractivity contribution in [2.24, 2.45) is 4.99 Å². The van der Waals surface area contributed by atoms with E-state index in [1.54, 1.807) is 0 Å². The van der Waals surface area contributed by atoms with Crippen LogP contribution < -0.4 is 5.32 Å². The molecule has 0 atom stereocenters. The molecule has 1 N–H and O–H groups in total. The van der Waals surface area contributed by atoms with Crippen LogP contribution in [-0.4, -0.2) is 18.9 Å². The van der Waals surface area contributed by atoms with Gasteiger partial charge in [-0.15, -0.1) is 12.4 Å². The summed E-state index contributed by atoms with van der Waals surface area (Å²) in [5.74, 6) is -0.447. The van der Waals surface area contributed by atoms with E-state index in [0.717, 1.165) is 18.2 Å². The lowest BCUT2D eigenvalue weighted by molar-refractivity contribution is -0.138. The Labute approximate surface area is 108 Å². The Kier molecular flexibility index (Phi) is 4.56. The van der Waals surface area contributed by atoms with Crippen molar-refractivity contribution in [2.45, 2.75) is 12.6 Å². The van der Waals surface area contributed by atoms with Gasteiger partial charge in [0, 0.05) is 18.5 Å². The molecule has 100 valence electrons. The van der Waals surface area contributed by atoms with Gasteiger partial charge in [-0.2, -0.15) is 13.2 Å². The van der Waals surface area contributed by atoms with Gasteiger partial charge in [0.25, 0.3) is 0 Å². The summed E-state index contributed by atoms with van der Waals surface area (Å²) >= 11 is 0. The molecule has 2 rings (SSSR count). The number of nitrogens with zero attached hydrogens (tertiary/aromatic N) is 1. The minimum Gasteiger partial charge on any atom is -0.372 e. The fourth-order valence-corrected chi connectivity index (χ4v) is 1.74. The first-order chi connectivity index (χ1) is 7.98. The average molecular weight is 283 g/mol. The molecular formula is C11H11ClF4N2. The number of halogens is 5. The quantitative estimate of drug-likeness (QED) is 0.829. The number of benzene rings is 1. The Hall–Kier alpha value is -1.30. The van der Waals surface area contributed by atoms with Crippen molar-refractivity contribution in [2.75, 3.05) is 13.1 Å². The Morgan fingerprint density at radius 1 is 1.28 bits per heavy atom. The van der Waals surface area contributed by atoms with Crippen molar-refractivity contribution < 1.29 is 17.6 Å². The van der Waals surface area contributed by atoms with E-state index in [9.17, 15) is 17.6 Å². The first-order valence-electron chi connectivity index (χ1n) is 5.10. The maximum atomic E-state index is 13.5. The molecule has 0 aliphatic carbocycles. The highest BCUT2D eigenvalue weighted by Crippen LogP contribution is 2.33. The Morgan fingerprint density at radius 3 is 2.56 bits per heavy atom. The van der Waals surface area contributed by atoms with Crippen molar-refractivity contribution in [3.63, 3.8) is 0 Å². The Bertz CT molecular complexity index is 457. The lowest BCUT2D eigenvalue weighted by atomic mass is 10.0. The molecule has 18 heavy (non-hydrogen) atoms. The third-order valence-electron chi connectivity index (χ3n) is 2.51.